The fourth-order valence-electron chi connectivity index (χ4n) is 5.33. The third-order valence-electron chi connectivity index (χ3n) is 7.25. The Morgan fingerprint density at radius 2 is 1.68 bits per heavy atom. The molecule has 0 aromatic heterocycles. The molecule has 3 atom stereocenters. The van der Waals surface area contributed by atoms with Crippen LogP contribution in [0.3, 0.4) is 0 Å². The highest BCUT2D eigenvalue weighted by Crippen LogP contribution is 2.49. The second-order valence-corrected chi connectivity index (χ2v) is 10.9. The Bertz CT molecular complexity index is 1530. The van der Waals surface area contributed by atoms with Crippen molar-refractivity contribution in [1.29, 1.82) is 0 Å². The highest BCUT2D eigenvalue weighted by atomic mass is 35.5. The molecule has 0 spiro atoms. The lowest BCUT2D eigenvalue weighted by molar-refractivity contribution is 0.306. The number of fused-ring (bicyclic) bond motifs is 3. The molecular weight excluding hydrogens is 535 g/mol. The first kappa shape index (κ1) is 25.1. The number of allylic oxidation sites excluding steroid dienone is 2. The lowest BCUT2D eigenvalue weighted by Gasteiger charge is -2.37. The molecule has 6 rings (SSSR count). The van der Waals surface area contributed by atoms with E-state index in [2.05, 4.69) is 66.0 Å². The maximum atomic E-state index is 6.31. The highest BCUT2D eigenvalue weighted by molar-refractivity contribution is 6.35. The minimum Gasteiger partial charge on any atom is -0.488 e. The summed E-state index contributed by atoms with van der Waals surface area (Å²) < 4.78 is 6.06. The first-order valence-corrected chi connectivity index (χ1v) is 13.7. The molecule has 0 saturated heterocycles. The molecule has 0 saturated carbocycles. The second kappa shape index (κ2) is 10.9. The first-order chi connectivity index (χ1) is 18.5. The van der Waals surface area contributed by atoms with Crippen LogP contribution in [-0.2, 0) is 6.61 Å². The van der Waals surface area contributed by atoms with Crippen molar-refractivity contribution < 1.29 is 4.74 Å². The van der Waals surface area contributed by atoms with E-state index in [1.165, 1.54) is 16.8 Å². The Balaban J connectivity index is 1.19. The molecule has 1 aliphatic heterocycles. The number of para-hydroxylation sites is 1. The van der Waals surface area contributed by atoms with Gasteiger partial charge in [0.15, 0.2) is 0 Å². The topological polar surface area (TPSA) is 33.6 Å². The zero-order valence-electron chi connectivity index (χ0n) is 20.5. The quantitative estimate of drug-likeness (QED) is 0.188. The Kier molecular flexibility index (Phi) is 7.16. The van der Waals surface area contributed by atoms with Crippen molar-refractivity contribution in [3.05, 3.63) is 134 Å². The van der Waals surface area contributed by atoms with Gasteiger partial charge in [-0.3, -0.25) is 4.99 Å². The summed E-state index contributed by atoms with van der Waals surface area (Å²) in [5.41, 5.74) is 6.38. The lowest BCUT2D eigenvalue weighted by Crippen LogP contribution is -2.28. The number of halogens is 3. The molecule has 4 aromatic rings. The van der Waals surface area contributed by atoms with Crippen LogP contribution in [-0.4, -0.2) is 6.21 Å². The minimum absolute atomic E-state index is 0.260. The van der Waals surface area contributed by atoms with Crippen molar-refractivity contribution in [2.24, 2.45) is 10.9 Å². The molecule has 1 N–H and O–H groups in total. The summed E-state index contributed by atoms with van der Waals surface area (Å²) >= 11 is 18.6. The predicted octanol–water partition coefficient (Wildman–Crippen LogP) is 9.80. The van der Waals surface area contributed by atoms with E-state index in [4.69, 9.17) is 44.5 Å². The molecule has 0 radical (unpaired) electrons. The van der Waals surface area contributed by atoms with Gasteiger partial charge < -0.3 is 10.1 Å². The van der Waals surface area contributed by atoms with E-state index in [-0.39, 0.29) is 6.04 Å². The largest absolute Gasteiger partial charge is 0.488 e. The summed E-state index contributed by atoms with van der Waals surface area (Å²) in [5.74, 6) is 1.64. The normalized spacial score (nSPS) is 19.7. The van der Waals surface area contributed by atoms with Gasteiger partial charge in [0.1, 0.15) is 12.4 Å². The van der Waals surface area contributed by atoms with Crippen LogP contribution >= 0.6 is 34.8 Å². The predicted molar refractivity (Wildman–Crippen MR) is 159 cm³/mol. The Morgan fingerprint density at radius 3 is 2.53 bits per heavy atom. The molecule has 0 unspecified atom stereocenters. The maximum absolute atomic E-state index is 6.31. The van der Waals surface area contributed by atoms with Crippen LogP contribution in [0, 0.1) is 5.92 Å². The van der Waals surface area contributed by atoms with E-state index < -0.39 is 0 Å². The van der Waals surface area contributed by atoms with Crippen LogP contribution in [0.2, 0.25) is 15.1 Å². The van der Waals surface area contributed by atoms with Gasteiger partial charge in [0.2, 0.25) is 0 Å². The van der Waals surface area contributed by atoms with Crippen LogP contribution in [0.5, 0.6) is 5.75 Å². The number of hydrogen-bond donors (Lipinski definition) is 1. The zero-order valence-corrected chi connectivity index (χ0v) is 22.7. The summed E-state index contributed by atoms with van der Waals surface area (Å²) in [7, 11) is 0. The van der Waals surface area contributed by atoms with E-state index >= 15 is 0 Å². The third-order valence-corrected chi connectivity index (χ3v) is 8.07. The van der Waals surface area contributed by atoms with Gasteiger partial charge in [-0.2, -0.15) is 0 Å². The standard InChI is InChI=1S/C32H25Cl3N2O/c33-23-12-15-31(38-19-21-8-11-24(34)17-29(21)35)22(16-23)18-36-25-13-9-20(10-14-25)32-28-6-3-5-26(28)27-4-1-2-7-30(27)37-32/h1-5,7-18,26,28,32,37H,6,19H2/t26-,28+,32-/m0/s1. The highest BCUT2D eigenvalue weighted by Gasteiger charge is 2.37. The monoisotopic (exact) mass is 558 g/mol. The molecule has 0 fully saturated rings. The van der Waals surface area contributed by atoms with Gasteiger partial charge in [0.05, 0.1) is 11.7 Å². The van der Waals surface area contributed by atoms with Gasteiger partial charge in [-0.1, -0.05) is 83.4 Å². The summed E-state index contributed by atoms with van der Waals surface area (Å²) in [6.07, 6.45) is 7.54. The average Bonchev–Trinajstić information content (AvgIpc) is 3.43. The molecule has 6 heteroatoms. The third kappa shape index (κ3) is 5.19. The number of rotatable bonds is 6. The van der Waals surface area contributed by atoms with Crippen LogP contribution < -0.4 is 10.1 Å². The first-order valence-electron chi connectivity index (χ1n) is 12.6. The number of benzene rings is 4. The molecule has 3 nitrogen and oxygen atoms in total. The number of nitrogens with one attached hydrogen (secondary N) is 1. The maximum Gasteiger partial charge on any atom is 0.128 e. The average molecular weight is 560 g/mol. The van der Waals surface area contributed by atoms with Crippen molar-refractivity contribution in [3.63, 3.8) is 0 Å². The molecule has 190 valence electrons. The van der Waals surface area contributed by atoms with Gasteiger partial charge in [0, 0.05) is 44.0 Å². The summed E-state index contributed by atoms with van der Waals surface area (Å²) in [5, 5.41) is 5.55. The van der Waals surface area contributed by atoms with Crippen molar-refractivity contribution in [1.82, 2.24) is 0 Å². The molecular formula is C32H25Cl3N2O. The molecule has 38 heavy (non-hydrogen) atoms. The number of nitrogens with zero attached hydrogens (tertiary/aromatic N) is 1. The Labute approximate surface area is 237 Å². The molecule has 1 heterocycles. The Morgan fingerprint density at radius 1 is 0.895 bits per heavy atom. The van der Waals surface area contributed by atoms with Crippen LogP contribution in [0.1, 0.15) is 40.6 Å². The van der Waals surface area contributed by atoms with Gasteiger partial charge >= 0.3 is 0 Å². The molecule has 0 bridgehead atoms. The van der Waals surface area contributed by atoms with Crippen LogP contribution in [0.15, 0.2) is 102 Å². The number of hydrogen-bond acceptors (Lipinski definition) is 3. The molecule has 0 amide bonds. The molecule has 1 aliphatic carbocycles. The van der Waals surface area contributed by atoms with E-state index in [0.717, 1.165) is 23.2 Å². The zero-order chi connectivity index (χ0) is 26.1. The summed E-state index contributed by atoms with van der Waals surface area (Å²) in [6.45, 7) is 0.307. The Hall–Kier alpha value is -3.24. The summed E-state index contributed by atoms with van der Waals surface area (Å²) in [4.78, 5) is 4.71. The summed E-state index contributed by atoms with van der Waals surface area (Å²) in [6, 6.07) is 28.2. The lowest BCUT2D eigenvalue weighted by atomic mass is 9.77. The fourth-order valence-corrected chi connectivity index (χ4v) is 5.97. The van der Waals surface area contributed by atoms with Crippen LogP contribution in [0.4, 0.5) is 11.4 Å². The fraction of sp³-hybridized carbons (Fsp3) is 0.156. The van der Waals surface area contributed by atoms with E-state index in [1.807, 2.05) is 18.2 Å². The van der Waals surface area contributed by atoms with Gasteiger partial charge in [-0.05, 0) is 72.0 Å². The molecule has 2 aliphatic rings. The minimum atomic E-state index is 0.260. The van der Waals surface area contributed by atoms with E-state index in [9.17, 15) is 0 Å². The molecule has 4 aromatic carbocycles. The van der Waals surface area contributed by atoms with Crippen molar-refractivity contribution in [2.45, 2.75) is 25.0 Å². The number of ether oxygens (including phenoxy) is 1. The van der Waals surface area contributed by atoms with Gasteiger partial charge in [-0.15, -0.1) is 0 Å². The smallest absolute Gasteiger partial charge is 0.128 e. The second-order valence-electron chi connectivity index (χ2n) is 9.62. The van der Waals surface area contributed by atoms with Crippen molar-refractivity contribution in [3.8, 4) is 5.75 Å². The number of aliphatic imine (C=N–C) groups is 1. The van der Waals surface area contributed by atoms with Gasteiger partial charge in [-0.25, -0.2) is 0 Å². The van der Waals surface area contributed by atoms with E-state index in [1.54, 1.807) is 24.4 Å². The van der Waals surface area contributed by atoms with Crippen molar-refractivity contribution >= 4 is 52.4 Å². The number of anilines is 1. The van der Waals surface area contributed by atoms with Gasteiger partial charge in [0.25, 0.3) is 0 Å². The SMILES string of the molecule is Clc1ccc(COc2ccc(Cl)cc2C=Nc2ccc([C@@H]3Nc4ccccc4[C@@H]4C=CC[C@H]43)cc2)c(Cl)c1. The van der Waals surface area contributed by atoms with E-state index in [0.29, 0.717) is 39.3 Å². The van der Waals surface area contributed by atoms with Crippen molar-refractivity contribution in [2.75, 3.05) is 5.32 Å². The van der Waals surface area contributed by atoms with Crippen LogP contribution in [0.25, 0.3) is 0 Å².